The van der Waals surface area contributed by atoms with Crippen molar-refractivity contribution in [2.75, 3.05) is 18.9 Å². The number of nitrogens with one attached hydrogen (secondary N) is 1. The molecule has 1 aromatic heterocycles. The Morgan fingerprint density at radius 2 is 1.70 bits per heavy atom. The Morgan fingerprint density at radius 1 is 1.00 bits per heavy atom. The summed E-state index contributed by atoms with van der Waals surface area (Å²) < 4.78 is 39.1. The molecular weight excluding hydrogens is 405 g/mol. The molecule has 30 heavy (non-hydrogen) atoms. The normalized spacial score (nSPS) is 11.4. The van der Waals surface area contributed by atoms with Crippen molar-refractivity contribution in [3.63, 3.8) is 0 Å². The molecule has 0 unspecified atom stereocenters. The van der Waals surface area contributed by atoms with E-state index in [9.17, 15) is 17.6 Å². The molecule has 0 fully saturated rings. The molecule has 0 radical (unpaired) electrons. The Bertz CT molecular complexity index is 1090. The SMILES string of the molecule is CN(CCCC(=O)Nc1ccc(-c2ccccc2)cn1)S(=O)(=O)c1ccc(F)cc1. The maximum Gasteiger partial charge on any atom is 0.242 e. The number of halogens is 1. The number of hydrogen-bond acceptors (Lipinski definition) is 4. The van der Waals surface area contributed by atoms with Crippen LogP contribution >= 0.6 is 0 Å². The van der Waals surface area contributed by atoms with Gasteiger partial charge in [-0.1, -0.05) is 30.3 Å². The fourth-order valence-corrected chi connectivity index (χ4v) is 4.05. The summed E-state index contributed by atoms with van der Waals surface area (Å²) in [6, 6.07) is 18.0. The molecule has 0 atom stereocenters. The van der Waals surface area contributed by atoms with Crippen LogP contribution < -0.4 is 5.32 Å². The summed E-state index contributed by atoms with van der Waals surface area (Å²) in [5, 5.41) is 2.71. The van der Waals surface area contributed by atoms with Gasteiger partial charge in [0.1, 0.15) is 11.6 Å². The Morgan fingerprint density at radius 3 is 2.33 bits per heavy atom. The molecule has 6 nitrogen and oxygen atoms in total. The number of aromatic nitrogens is 1. The van der Waals surface area contributed by atoms with Crippen molar-refractivity contribution in [2.24, 2.45) is 0 Å². The van der Waals surface area contributed by atoms with Gasteiger partial charge in [-0.2, -0.15) is 0 Å². The van der Waals surface area contributed by atoms with Gasteiger partial charge < -0.3 is 5.32 Å². The monoisotopic (exact) mass is 427 g/mol. The molecule has 156 valence electrons. The minimum absolute atomic E-state index is 0.0126. The van der Waals surface area contributed by atoms with E-state index in [0.717, 1.165) is 27.6 Å². The number of nitrogens with zero attached hydrogens (tertiary/aromatic N) is 2. The zero-order valence-corrected chi connectivity index (χ0v) is 17.3. The van der Waals surface area contributed by atoms with Gasteiger partial charge in [-0.15, -0.1) is 0 Å². The number of carbonyl (C=O) groups excluding carboxylic acids is 1. The van der Waals surface area contributed by atoms with Gasteiger partial charge in [-0.05, 0) is 48.4 Å². The van der Waals surface area contributed by atoms with Crippen LogP contribution in [0.5, 0.6) is 0 Å². The van der Waals surface area contributed by atoms with Gasteiger partial charge in [0.25, 0.3) is 0 Å². The summed E-state index contributed by atoms with van der Waals surface area (Å²) in [6.07, 6.45) is 2.17. The molecule has 3 rings (SSSR count). The fraction of sp³-hybridized carbons (Fsp3) is 0.182. The molecule has 1 N–H and O–H groups in total. The lowest BCUT2D eigenvalue weighted by atomic mass is 10.1. The number of hydrogen-bond donors (Lipinski definition) is 1. The van der Waals surface area contributed by atoms with Crippen LogP contribution in [0.2, 0.25) is 0 Å². The second kappa shape index (κ2) is 9.60. The highest BCUT2D eigenvalue weighted by Crippen LogP contribution is 2.19. The molecule has 2 aromatic carbocycles. The molecule has 0 aliphatic heterocycles. The van der Waals surface area contributed by atoms with E-state index in [1.54, 1.807) is 12.3 Å². The van der Waals surface area contributed by atoms with E-state index in [1.165, 1.54) is 19.2 Å². The van der Waals surface area contributed by atoms with Crippen LogP contribution in [-0.4, -0.2) is 37.2 Å². The number of sulfonamides is 1. The number of anilines is 1. The third-order valence-electron chi connectivity index (χ3n) is 4.54. The van der Waals surface area contributed by atoms with Crippen molar-refractivity contribution in [1.82, 2.24) is 9.29 Å². The molecule has 0 bridgehead atoms. The van der Waals surface area contributed by atoms with Gasteiger partial charge in [0.15, 0.2) is 0 Å². The summed E-state index contributed by atoms with van der Waals surface area (Å²) >= 11 is 0. The van der Waals surface area contributed by atoms with E-state index in [2.05, 4.69) is 10.3 Å². The summed E-state index contributed by atoms with van der Waals surface area (Å²) in [5.41, 5.74) is 1.98. The molecule has 1 amide bonds. The third-order valence-corrected chi connectivity index (χ3v) is 6.41. The molecule has 0 saturated heterocycles. The topological polar surface area (TPSA) is 79.4 Å². The van der Waals surface area contributed by atoms with E-state index in [1.807, 2.05) is 36.4 Å². The summed E-state index contributed by atoms with van der Waals surface area (Å²) in [6.45, 7) is 0.160. The van der Waals surface area contributed by atoms with Crippen molar-refractivity contribution < 1.29 is 17.6 Å². The maximum absolute atomic E-state index is 13.0. The van der Waals surface area contributed by atoms with Crippen molar-refractivity contribution in [3.05, 3.63) is 78.7 Å². The average molecular weight is 428 g/mol. The maximum atomic E-state index is 13.0. The minimum Gasteiger partial charge on any atom is -0.311 e. The van der Waals surface area contributed by atoms with Crippen LogP contribution in [0.3, 0.4) is 0 Å². The Hall–Kier alpha value is -3.10. The summed E-state index contributed by atoms with van der Waals surface area (Å²) in [5.74, 6) is -0.312. The second-order valence-electron chi connectivity index (χ2n) is 6.73. The molecule has 0 spiro atoms. The van der Waals surface area contributed by atoms with Crippen LogP contribution in [0.15, 0.2) is 77.8 Å². The van der Waals surface area contributed by atoms with Crippen LogP contribution in [-0.2, 0) is 14.8 Å². The van der Waals surface area contributed by atoms with E-state index in [0.29, 0.717) is 12.2 Å². The summed E-state index contributed by atoms with van der Waals surface area (Å²) in [4.78, 5) is 16.4. The minimum atomic E-state index is -3.72. The smallest absolute Gasteiger partial charge is 0.242 e. The number of rotatable bonds is 8. The van der Waals surface area contributed by atoms with Gasteiger partial charge in [-0.25, -0.2) is 22.1 Å². The van der Waals surface area contributed by atoms with Gasteiger partial charge in [0.2, 0.25) is 15.9 Å². The molecule has 8 heteroatoms. The largest absolute Gasteiger partial charge is 0.311 e. The second-order valence-corrected chi connectivity index (χ2v) is 8.78. The zero-order valence-electron chi connectivity index (χ0n) is 16.5. The highest BCUT2D eigenvalue weighted by Gasteiger charge is 2.20. The number of benzene rings is 2. The van der Waals surface area contributed by atoms with Gasteiger partial charge >= 0.3 is 0 Å². The summed E-state index contributed by atoms with van der Waals surface area (Å²) in [7, 11) is -2.29. The standard InChI is InChI=1S/C22H22FN3O3S/c1-26(30(28,29)20-12-10-19(23)11-13-20)15-5-8-22(27)25-21-14-9-18(16-24-21)17-6-3-2-4-7-17/h2-4,6-7,9-14,16H,5,8,15H2,1H3,(H,24,25,27). The molecule has 0 aliphatic carbocycles. The van der Waals surface area contributed by atoms with Crippen LogP contribution in [0.4, 0.5) is 10.2 Å². The zero-order chi connectivity index (χ0) is 21.6. The Kier molecular flexibility index (Phi) is 6.91. The lowest BCUT2D eigenvalue weighted by Gasteiger charge is -2.17. The molecule has 0 aliphatic rings. The molecule has 1 heterocycles. The van der Waals surface area contributed by atoms with E-state index in [4.69, 9.17) is 0 Å². The van der Waals surface area contributed by atoms with Crippen molar-refractivity contribution >= 4 is 21.7 Å². The van der Waals surface area contributed by atoms with Crippen LogP contribution in [0.25, 0.3) is 11.1 Å². The van der Waals surface area contributed by atoms with Gasteiger partial charge in [0, 0.05) is 31.8 Å². The van der Waals surface area contributed by atoms with Crippen molar-refractivity contribution in [1.29, 1.82) is 0 Å². The first kappa shape index (κ1) is 21.6. The predicted molar refractivity (Wildman–Crippen MR) is 114 cm³/mol. The lowest BCUT2D eigenvalue weighted by molar-refractivity contribution is -0.116. The molecular formula is C22H22FN3O3S. The molecule has 3 aromatic rings. The van der Waals surface area contributed by atoms with Crippen molar-refractivity contribution in [3.8, 4) is 11.1 Å². The quantitative estimate of drug-likeness (QED) is 0.591. The first-order chi connectivity index (χ1) is 14.4. The fourth-order valence-electron chi connectivity index (χ4n) is 2.84. The van der Waals surface area contributed by atoms with E-state index >= 15 is 0 Å². The third kappa shape index (κ3) is 5.49. The highest BCUT2D eigenvalue weighted by atomic mass is 32.2. The van der Waals surface area contributed by atoms with E-state index < -0.39 is 15.8 Å². The molecule has 0 saturated carbocycles. The first-order valence-corrected chi connectivity index (χ1v) is 10.8. The van der Waals surface area contributed by atoms with Gasteiger partial charge in [0.05, 0.1) is 4.90 Å². The van der Waals surface area contributed by atoms with Crippen LogP contribution in [0, 0.1) is 5.82 Å². The first-order valence-electron chi connectivity index (χ1n) is 9.39. The number of amides is 1. The Labute approximate surface area is 175 Å². The average Bonchev–Trinajstić information content (AvgIpc) is 2.75. The Balaban J connectivity index is 1.49. The van der Waals surface area contributed by atoms with E-state index in [-0.39, 0.29) is 23.8 Å². The lowest BCUT2D eigenvalue weighted by Crippen LogP contribution is -2.28. The number of carbonyl (C=O) groups is 1. The predicted octanol–water partition coefficient (Wildman–Crippen LogP) is 3.93. The van der Waals surface area contributed by atoms with Crippen molar-refractivity contribution in [2.45, 2.75) is 17.7 Å². The highest BCUT2D eigenvalue weighted by molar-refractivity contribution is 7.89. The van der Waals surface area contributed by atoms with Crippen LogP contribution in [0.1, 0.15) is 12.8 Å². The van der Waals surface area contributed by atoms with Gasteiger partial charge in [-0.3, -0.25) is 4.79 Å². The number of pyridine rings is 1.